The fourth-order valence-electron chi connectivity index (χ4n) is 4.31. The van der Waals surface area contributed by atoms with E-state index in [1.807, 2.05) is 12.1 Å². The molecule has 1 fully saturated rings. The summed E-state index contributed by atoms with van der Waals surface area (Å²) in [6.45, 7) is 0.519. The number of nitrogens with one attached hydrogen (secondary N) is 2. The van der Waals surface area contributed by atoms with Gasteiger partial charge < -0.3 is 25.0 Å². The Bertz CT molecular complexity index is 1360. The molecule has 206 valence electrons. The molecule has 0 spiro atoms. The van der Waals surface area contributed by atoms with Crippen molar-refractivity contribution < 1.29 is 32.6 Å². The number of halogens is 3. The number of alkyl halides is 3. The molecular weight excluding hydrogens is 515 g/mol. The van der Waals surface area contributed by atoms with Crippen molar-refractivity contribution in [2.45, 2.75) is 38.1 Å². The summed E-state index contributed by atoms with van der Waals surface area (Å²) >= 11 is 0. The zero-order valence-electron chi connectivity index (χ0n) is 21.0. The number of aliphatic carboxylic acids is 1. The van der Waals surface area contributed by atoms with Gasteiger partial charge in [0, 0.05) is 36.7 Å². The Balaban J connectivity index is 1.45. The van der Waals surface area contributed by atoms with Crippen LogP contribution < -0.4 is 15.5 Å². The number of hydrogen-bond acceptors (Lipinski definition) is 6. The number of rotatable bonds is 10. The van der Waals surface area contributed by atoms with E-state index in [9.17, 15) is 22.8 Å². The van der Waals surface area contributed by atoms with Crippen molar-refractivity contribution >= 4 is 34.8 Å². The van der Waals surface area contributed by atoms with Gasteiger partial charge >= 0.3 is 12.1 Å². The normalized spacial score (nSPS) is 14.0. The van der Waals surface area contributed by atoms with E-state index in [1.54, 1.807) is 18.2 Å². The van der Waals surface area contributed by atoms with Crippen LogP contribution in [0.5, 0.6) is 0 Å². The van der Waals surface area contributed by atoms with Gasteiger partial charge in [0.25, 0.3) is 0 Å². The SMILES string of the molecule is O=CN(CC(=O)O)c1ccc(NCC#Cc2cc3cc(CNC4CCOCC4)ccc3n2CC(F)(F)F)cn1. The summed E-state index contributed by atoms with van der Waals surface area (Å²) < 4.78 is 46.6. The van der Waals surface area contributed by atoms with Crippen molar-refractivity contribution in [3.8, 4) is 11.8 Å². The van der Waals surface area contributed by atoms with Gasteiger partial charge in [0.1, 0.15) is 18.9 Å². The quantitative estimate of drug-likeness (QED) is 0.266. The van der Waals surface area contributed by atoms with Crippen molar-refractivity contribution in [2.75, 3.05) is 36.5 Å². The second-order valence-corrected chi connectivity index (χ2v) is 9.08. The number of carboxylic acids is 1. The summed E-state index contributed by atoms with van der Waals surface area (Å²) in [6.07, 6.45) is -0.764. The number of aromatic nitrogens is 2. The van der Waals surface area contributed by atoms with E-state index in [1.165, 1.54) is 16.8 Å². The molecule has 4 rings (SSSR count). The Kier molecular flexibility index (Phi) is 9.06. The molecule has 1 aliphatic rings. The van der Waals surface area contributed by atoms with Gasteiger partial charge in [-0.3, -0.25) is 14.5 Å². The Hall–Kier alpha value is -4.08. The molecule has 0 unspecified atom stereocenters. The zero-order valence-corrected chi connectivity index (χ0v) is 21.0. The van der Waals surface area contributed by atoms with Crippen LogP contribution in [0.25, 0.3) is 10.9 Å². The summed E-state index contributed by atoms with van der Waals surface area (Å²) in [6, 6.07) is 10.5. The maximum Gasteiger partial charge on any atom is 0.406 e. The van der Waals surface area contributed by atoms with Crippen LogP contribution in [0.15, 0.2) is 42.6 Å². The molecule has 2 aromatic heterocycles. The molecule has 1 saturated heterocycles. The van der Waals surface area contributed by atoms with E-state index in [0.717, 1.165) is 36.5 Å². The topological polar surface area (TPSA) is 109 Å². The monoisotopic (exact) mass is 543 g/mol. The molecule has 12 heteroatoms. The van der Waals surface area contributed by atoms with Crippen LogP contribution >= 0.6 is 0 Å². The average molecular weight is 544 g/mol. The fourth-order valence-corrected chi connectivity index (χ4v) is 4.31. The number of ether oxygens (including phenoxy) is 1. The van der Waals surface area contributed by atoms with Gasteiger partial charge in [-0.1, -0.05) is 12.0 Å². The number of carbonyl (C=O) groups excluding carboxylic acids is 1. The van der Waals surface area contributed by atoms with E-state index in [0.29, 0.717) is 35.6 Å². The minimum absolute atomic E-state index is 0.126. The third kappa shape index (κ3) is 7.95. The first-order valence-corrected chi connectivity index (χ1v) is 12.3. The third-order valence-corrected chi connectivity index (χ3v) is 6.19. The van der Waals surface area contributed by atoms with Crippen LogP contribution in [0.1, 0.15) is 24.1 Å². The van der Waals surface area contributed by atoms with Crippen LogP contribution in [0.4, 0.5) is 24.7 Å². The molecule has 0 bridgehead atoms. The van der Waals surface area contributed by atoms with Gasteiger partial charge in [-0.25, -0.2) is 4.98 Å². The first-order valence-electron chi connectivity index (χ1n) is 12.3. The van der Waals surface area contributed by atoms with Crippen molar-refractivity contribution in [3.05, 3.63) is 53.9 Å². The standard InChI is InChI=1S/C27H28F3N5O4/c28-27(29,30)17-35-23(2-1-9-31-22-4-6-25(33-15-22)34(18-36)16-26(37)38)13-20-12-19(3-5-24(20)35)14-32-21-7-10-39-11-8-21/h3-6,12-13,15,18,21,31-32H,7-11,14,16-17H2,(H,37,38). The first kappa shape index (κ1) is 27.9. The Morgan fingerprint density at radius 1 is 1.23 bits per heavy atom. The van der Waals surface area contributed by atoms with Crippen molar-refractivity contribution in [3.63, 3.8) is 0 Å². The Morgan fingerprint density at radius 2 is 2.03 bits per heavy atom. The molecule has 1 aliphatic heterocycles. The maximum atomic E-state index is 13.4. The molecule has 9 nitrogen and oxygen atoms in total. The molecule has 1 amide bonds. The third-order valence-electron chi connectivity index (χ3n) is 6.19. The molecule has 3 aromatic rings. The second kappa shape index (κ2) is 12.6. The minimum Gasteiger partial charge on any atom is -0.480 e. The molecule has 0 radical (unpaired) electrons. The smallest absolute Gasteiger partial charge is 0.406 e. The van der Waals surface area contributed by atoms with Crippen LogP contribution in [-0.2, 0) is 27.4 Å². The van der Waals surface area contributed by atoms with E-state index in [2.05, 4.69) is 27.5 Å². The number of pyridine rings is 1. The molecule has 39 heavy (non-hydrogen) atoms. The molecule has 3 heterocycles. The van der Waals surface area contributed by atoms with Crippen LogP contribution in [0.2, 0.25) is 0 Å². The number of hydrogen-bond donors (Lipinski definition) is 3. The lowest BCUT2D eigenvalue weighted by atomic mass is 10.1. The van der Waals surface area contributed by atoms with Gasteiger partial charge in [-0.05, 0) is 54.7 Å². The Labute approximate surface area is 222 Å². The summed E-state index contributed by atoms with van der Waals surface area (Å²) in [4.78, 5) is 26.9. The summed E-state index contributed by atoms with van der Waals surface area (Å²) in [5.41, 5.74) is 2.24. The highest BCUT2D eigenvalue weighted by molar-refractivity contribution is 5.84. The average Bonchev–Trinajstić information content (AvgIpc) is 3.24. The number of benzene rings is 1. The molecule has 0 atom stereocenters. The predicted molar refractivity (Wildman–Crippen MR) is 139 cm³/mol. The number of fused-ring (bicyclic) bond motifs is 1. The van der Waals surface area contributed by atoms with Crippen molar-refractivity contribution in [1.29, 1.82) is 0 Å². The molecule has 0 aliphatic carbocycles. The van der Waals surface area contributed by atoms with Crippen LogP contribution in [-0.4, -0.2) is 65.6 Å². The maximum absolute atomic E-state index is 13.4. The second-order valence-electron chi connectivity index (χ2n) is 9.08. The predicted octanol–water partition coefficient (Wildman–Crippen LogP) is 3.38. The van der Waals surface area contributed by atoms with Crippen molar-refractivity contribution in [2.24, 2.45) is 0 Å². The lowest BCUT2D eigenvalue weighted by molar-refractivity contribution is -0.140. The highest BCUT2D eigenvalue weighted by Gasteiger charge is 2.29. The van der Waals surface area contributed by atoms with Gasteiger partial charge in [-0.2, -0.15) is 13.2 Å². The van der Waals surface area contributed by atoms with E-state index < -0.39 is 25.2 Å². The van der Waals surface area contributed by atoms with E-state index in [4.69, 9.17) is 9.84 Å². The summed E-state index contributed by atoms with van der Waals surface area (Å²) in [5, 5.41) is 16.0. The lowest BCUT2D eigenvalue weighted by Gasteiger charge is -2.23. The van der Waals surface area contributed by atoms with Crippen LogP contribution in [0.3, 0.4) is 0 Å². The van der Waals surface area contributed by atoms with Gasteiger partial charge in [0.05, 0.1) is 24.1 Å². The number of amides is 1. The zero-order chi connectivity index (χ0) is 27.8. The van der Waals surface area contributed by atoms with Crippen molar-refractivity contribution in [1.82, 2.24) is 14.9 Å². The first-order chi connectivity index (χ1) is 18.7. The molecule has 0 saturated carbocycles. The highest BCUT2D eigenvalue weighted by Crippen LogP contribution is 2.26. The van der Waals surface area contributed by atoms with E-state index in [-0.39, 0.29) is 18.1 Å². The molecule has 1 aromatic carbocycles. The highest BCUT2D eigenvalue weighted by atomic mass is 19.4. The molecular formula is C27H28F3N5O4. The largest absolute Gasteiger partial charge is 0.480 e. The lowest BCUT2D eigenvalue weighted by Crippen LogP contribution is -2.34. The van der Waals surface area contributed by atoms with E-state index >= 15 is 0 Å². The molecule has 3 N–H and O–H groups in total. The summed E-state index contributed by atoms with van der Waals surface area (Å²) in [7, 11) is 0. The number of carboxylic acid groups (broad SMARTS) is 1. The van der Waals surface area contributed by atoms with Crippen LogP contribution in [0, 0.1) is 11.8 Å². The van der Waals surface area contributed by atoms with Gasteiger partial charge in [0.15, 0.2) is 0 Å². The Morgan fingerprint density at radius 3 is 2.69 bits per heavy atom. The number of nitrogens with zero attached hydrogens (tertiary/aromatic N) is 3. The van der Waals surface area contributed by atoms with Gasteiger partial charge in [-0.15, -0.1) is 0 Å². The van der Waals surface area contributed by atoms with Gasteiger partial charge in [0.2, 0.25) is 6.41 Å². The number of anilines is 2. The number of carbonyl (C=O) groups is 2. The fraction of sp³-hybridized carbons (Fsp3) is 0.370. The summed E-state index contributed by atoms with van der Waals surface area (Å²) in [5.74, 6) is 4.68. The minimum atomic E-state index is -4.41.